The van der Waals surface area contributed by atoms with E-state index in [4.69, 9.17) is 11.6 Å². The summed E-state index contributed by atoms with van der Waals surface area (Å²) < 4.78 is 1.95. The number of aromatic nitrogens is 4. The predicted octanol–water partition coefficient (Wildman–Crippen LogP) is 1.51. The lowest BCUT2D eigenvalue weighted by Crippen LogP contribution is -2.44. The van der Waals surface area contributed by atoms with Gasteiger partial charge in [-0.15, -0.1) is 10.2 Å². The topological polar surface area (TPSA) is 83.3 Å². The molecule has 0 radical (unpaired) electrons. The fourth-order valence-corrected chi connectivity index (χ4v) is 3.17. The molecule has 0 spiro atoms. The lowest BCUT2D eigenvalue weighted by molar-refractivity contribution is 0.646. The van der Waals surface area contributed by atoms with E-state index in [1.807, 2.05) is 30.7 Å². The minimum atomic E-state index is 0.284. The second kappa shape index (κ2) is 8.35. The first-order valence-corrected chi connectivity index (χ1v) is 9.21. The maximum absolute atomic E-state index is 6.27. The zero-order chi connectivity index (χ0) is 18.5. The Balaban J connectivity index is 1.62. The molecular weight excluding hydrogens is 352 g/mol. The first-order chi connectivity index (χ1) is 12.6. The van der Waals surface area contributed by atoms with Gasteiger partial charge in [0.2, 0.25) is 0 Å². The number of anilines is 1. The number of hydrogen-bond acceptors (Lipinski definition) is 5. The van der Waals surface area contributed by atoms with E-state index >= 15 is 0 Å². The molecule has 1 saturated heterocycles. The van der Waals surface area contributed by atoms with E-state index in [9.17, 15) is 0 Å². The van der Waals surface area contributed by atoms with Crippen molar-refractivity contribution >= 4 is 23.4 Å². The molecule has 1 fully saturated rings. The molecule has 0 amide bonds. The number of guanidine groups is 1. The van der Waals surface area contributed by atoms with Gasteiger partial charge >= 0.3 is 0 Å². The van der Waals surface area contributed by atoms with Gasteiger partial charge in [-0.1, -0.05) is 11.6 Å². The number of aryl methyl sites for hydroxylation is 1. The minimum absolute atomic E-state index is 0.284. The van der Waals surface area contributed by atoms with Gasteiger partial charge in [-0.2, -0.15) is 0 Å². The first-order valence-electron chi connectivity index (χ1n) is 8.83. The van der Waals surface area contributed by atoms with Crippen LogP contribution in [0.2, 0.25) is 5.02 Å². The molecule has 1 unspecified atom stereocenters. The zero-order valence-electron chi connectivity index (χ0n) is 15.4. The zero-order valence-corrected chi connectivity index (χ0v) is 16.2. The van der Waals surface area contributed by atoms with Gasteiger partial charge < -0.3 is 20.1 Å². The van der Waals surface area contributed by atoms with Gasteiger partial charge in [-0.25, -0.2) is 9.98 Å². The molecule has 1 aliphatic rings. The largest absolute Gasteiger partial charge is 0.357 e. The van der Waals surface area contributed by atoms with Gasteiger partial charge in [0.25, 0.3) is 0 Å². The number of hydrogen-bond donors (Lipinski definition) is 2. The van der Waals surface area contributed by atoms with Crippen LogP contribution in [-0.2, 0) is 13.6 Å². The highest BCUT2D eigenvalue weighted by atomic mass is 35.5. The second-order valence-corrected chi connectivity index (χ2v) is 6.71. The molecule has 3 heterocycles. The molecule has 140 valence electrons. The van der Waals surface area contributed by atoms with Crippen LogP contribution < -0.4 is 15.5 Å². The SMILES string of the molecule is CCNC(=NCc1nnc(C)n1C)NC1CCN(c2ncccc2Cl)C1. The number of nitrogens with one attached hydrogen (secondary N) is 2. The maximum atomic E-state index is 6.27. The van der Waals surface area contributed by atoms with E-state index in [0.29, 0.717) is 11.6 Å². The standard InChI is InChI=1S/C17H25ClN8/c1-4-19-17(21-10-15-24-23-12(2)25(15)3)22-13-7-9-26(11-13)16-14(18)6-5-8-20-16/h5-6,8,13H,4,7,9-11H2,1-3H3,(H2,19,21,22). The van der Waals surface area contributed by atoms with Gasteiger partial charge in [-0.05, 0) is 32.4 Å². The molecule has 0 bridgehead atoms. The average molecular weight is 377 g/mol. The van der Waals surface area contributed by atoms with Gasteiger partial charge in [0.1, 0.15) is 18.2 Å². The average Bonchev–Trinajstić information content (AvgIpc) is 3.21. The molecule has 0 saturated carbocycles. The van der Waals surface area contributed by atoms with Gasteiger partial charge in [0, 0.05) is 38.9 Å². The lowest BCUT2D eigenvalue weighted by Gasteiger charge is -2.20. The third-order valence-electron chi connectivity index (χ3n) is 4.47. The van der Waals surface area contributed by atoms with Gasteiger partial charge in [0.15, 0.2) is 11.8 Å². The van der Waals surface area contributed by atoms with E-state index in [1.165, 1.54) is 0 Å². The molecule has 0 aliphatic carbocycles. The van der Waals surface area contributed by atoms with Gasteiger partial charge in [-0.3, -0.25) is 0 Å². The van der Waals surface area contributed by atoms with Crippen LogP contribution in [0.1, 0.15) is 25.0 Å². The highest BCUT2D eigenvalue weighted by molar-refractivity contribution is 6.32. The van der Waals surface area contributed by atoms with Crippen molar-refractivity contribution in [2.24, 2.45) is 12.0 Å². The van der Waals surface area contributed by atoms with Crippen molar-refractivity contribution in [1.29, 1.82) is 0 Å². The summed E-state index contributed by atoms with van der Waals surface area (Å²) in [4.78, 5) is 11.3. The highest BCUT2D eigenvalue weighted by Crippen LogP contribution is 2.25. The Morgan fingerprint density at radius 3 is 2.96 bits per heavy atom. The summed E-state index contributed by atoms with van der Waals surface area (Å²) in [6.45, 7) is 7.01. The fourth-order valence-electron chi connectivity index (χ4n) is 2.93. The summed E-state index contributed by atoms with van der Waals surface area (Å²) in [5.41, 5.74) is 0. The Morgan fingerprint density at radius 1 is 1.42 bits per heavy atom. The monoisotopic (exact) mass is 376 g/mol. The molecule has 1 atom stereocenters. The molecule has 1 aliphatic heterocycles. The minimum Gasteiger partial charge on any atom is -0.357 e. The van der Waals surface area contributed by atoms with Crippen molar-refractivity contribution < 1.29 is 0 Å². The van der Waals surface area contributed by atoms with Crippen LogP contribution in [0.25, 0.3) is 0 Å². The molecular formula is C17H25ClN8. The highest BCUT2D eigenvalue weighted by Gasteiger charge is 2.25. The Bertz CT molecular complexity index is 772. The Kier molecular flexibility index (Phi) is 5.92. The molecule has 2 aromatic heterocycles. The van der Waals surface area contributed by atoms with Crippen molar-refractivity contribution in [2.45, 2.75) is 32.9 Å². The first kappa shape index (κ1) is 18.4. The van der Waals surface area contributed by atoms with Crippen LogP contribution in [0, 0.1) is 6.92 Å². The second-order valence-electron chi connectivity index (χ2n) is 6.30. The third kappa shape index (κ3) is 4.24. The summed E-state index contributed by atoms with van der Waals surface area (Å²) in [5.74, 6) is 3.35. The van der Waals surface area contributed by atoms with Crippen molar-refractivity contribution in [3.8, 4) is 0 Å². The van der Waals surface area contributed by atoms with E-state index in [0.717, 1.165) is 49.5 Å². The number of nitrogens with zero attached hydrogens (tertiary/aromatic N) is 6. The van der Waals surface area contributed by atoms with Crippen molar-refractivity contribution in [2.75, 3.05) is 24.5 Å². The number of aliphatic imine (C=N–C) groups is 1. The summed E-state index contributed by atoms with van der Waals surface area (Å²) in [7, 11) is 1.95. The predicted molar refractivity (Wildman–Crippen MR) is 104 cm³/mol. The quantitative estimate of drug-likeness (QED) is 0.608. The molecule has 0 aromatic carbocycles. The molecule has 3 rings (SSSR count). The third-order valence-corrected chi connectivity index (χ3v) is 4.77. The molecule has 8 nitrogen and oxygen atoms in total. The van der Waals surface area contributed by atoms with E-state index < -0.39 is 0 Å². The Morgan fingerprint density at radius 2 is 2.27 bits per heavy atom. The van der Waals surface area contributed by atoms with E-state index in [-0.39, 0.29) is 6.04 Å². The van der Waals surface area contributed by atoms with Crippen LogP contribution in [0.3, 0.4) is 0 Å². The Labute approximate surface area is 158 Å². The van der Waals surface area contributed by atoms with Crippen LogP contribution >= 0.6 is 11.6 Å². The molecule has 2 aromatic rings. The van der Waals surface area contributed by atoms with Crippen LogP contribution in [-0.4, -0.2) is 51.4 Å². The molecule has 26 heavy (non-hydrogen) atoms. The van der Waals surface area contributed by atoms with Crippen LogP contribution in [0.5, 0.6) is 0 Å². The molecule has 9 heteroatoms. The van der Waals surface area contributed by atoms with Gasteiger partial charge in [0.05, 0.1) is 5.02 Å². The smallest absolute Gasteiger partial charge is 0.191 e. The van der Waals surface area contributed by atoms with E-state index in [2.05, 4.69) is 42.6 Å². The normalized spacial score (nSPS) is 17.6. The lowest BCUT2D eigenvalue weighted by atomic mass is 10.3. The van der Waals surface area contributed by atoms with Crippen LogP contribution in [0.15, 0.2) is 23.3 Å². The summed E-state index contributed by atoms with van der Waals surface area (Å²) >= 11 is 6.27. The van der Waals surface area contributed by atoms with Crippen LogP contribution in [0.4, 0.5) is 5.82 Å². The number of pyridine rings is 1. The summed E-state index contributed by atoms with van der Waals surface area (Å²) in [5, 5.41) is 15.7. The molecule has 2 N–H and O–H groups in total. The number of rotatable bonds is 5. The summed E-state index contributed by atoms with van der Waals surface area (Å²) in [6, 6.07) is 4.01. The maximum Gasteiger partial charge on any atom is 0.191 e. The number of halogens is 1. The van der Waals surface area contributed by atoms with Crippen molar-refractivity contribution in [3.63, 3.8) is 0 Å². The van der Waals surface area contributed by atoms with Crippen molar-refractivity contribution in [3.05, 3.63) is 35.0 Å². The Hall–Kier alpha value is -2.35. The summed E-state index contributed by atoms with van der Waals surface area (Å²) in [6.07, 6.45) is 2.77. The fraction of sp³-hybridized carbons (Fsp3) is 0.529. The van der Waals surface area contributed by atoms with E-state index in [1.54, 1.807) is 6.20 Å². The van der Waals surface area contributed by atoms with Crippen molar-refractivity contribution in [1.82, 2.24) is 30.4 Å².